The van der Waals surface area contributed by atoms with E-state index in [2.05, 4.69) is 37.0 Å². The second kappa shape index (κ2) is 7.11. The third-order valence-corrected chi connectivity index (χ3v) is 3.35. The second-order valence-electron chi connectivity index (χ2n) is 4.91. The zero-order chi connectivity index (χ0) is 12.1. The first-order valence-electron chi connectivity index (χ1n) is 6.68. The summed E-state index contributed by atoms with van der Waals surface area (Å²) in [5.41, 5.74) is 2.57. The summed E-state index contributed by atoms with van der Waals surface area (Å²) in [6.45, 7) is 4.48. The standard InChI is InChI=1S/C15H22N2.Ti/c1-3-8-15(9-4-2)10-7-14(17-15)12-13-6-5-11-16-13;/h5-7,10-11,16H,3-4,8-9,12H2,1-2H3;. The summed E-state index contributed by atoms with van der Waals surface area (Å²) >= 11 is 0. The Hall–Kier alpha value is -0.596. The molecule has 1 aromatic rings. The fraction of sp³-hybridized carbons (Fsp3) is 0.533. The monoisotopic (exact) mass is 278 g/mol. The summed E-state index contributed by atoms with van der Waals surface area (Å²) in [6, 6.07) is 4.16. The van der Waals surface area contributed by atoms with E-state index < -0.39 is 0 Å². The van der Waals surface area contributed by atoms with Crippen molar-refractivity contribution >= 4 is 5.71 Å². The molecule has 0 fully saturated rings. The van der Waals surface area contributed by atoms with E-state index in [0.29, 0.717) is 0 Å². The van der Waals surface area contributed by atoms with Crippen molar-refractivity contribution in [1.82, 2.24) is 4.98 Å². The summed E-state index contributed by atoms with van der Waals surface area (Å²) in [6.07, 6.45) is 12.2. The molecule has 2 heterocycles. The van der Waals surface area contributed by atoms with Crippen LogP contribution in [0.4, 0.5) is 0 Å². The molecule has 0 atom stereocenters. The van der Waals surface area contributed by atoms with E-state index in [1.165, 1.54) is 37.1 Å². The van der Waals surface area contributed by atoms with Gasteiger partial charge in [-0.05, 0) is 31.1 Å². The van der Waals surface area contributed by atoms with E-state index in [4.69, 9.17) is 4.99 Å². The van der Waals surface area contributed by atoms with Crippen molar-refractivity contribution < 1.29 is 21.7 Å². The van der Waals surface area contributed by atoms with Crippen molar-refractivity contribution in [2.45, 2.75) is 51.5 Å². The van der Waals surface area contributed by atoms with E-state index in [1.807, 2.05) is 12.3 Å². The summed E-state index contributed by atoms with van der Waals surface area (Å²) in [5, 5.41) is 0. The normalized spacial score (nSPS) is 16.4. The first-order valence-corrected chi connectivity index (χ1v) is 6.68. The van der Waals surface area contributed by atoms with Gasteiger partial charge in [0.05, 0.1) is 5.54 Å². The van der Waals surface area contributed by atoms with Crippen LogP contribution in [0.5, 0.6) is 0 Å². The Kier molecular flexibility index (Phi) is 6.10. The van der Waals surface area contributed by atoms with Crippen LogP contribution in [-0.4, -0.2) is 16.2 Å². The molecule has 96 valence electrons. The number of allylic oxidation sites excluding steroid dienone is 1. The fourth-order valence-corrected chi connectivity index (χ4v) is 2.65. The van der Waals surface area contributed by atoms with Crippen LogP contribution < -0.4 is 0 Å². The van der Waals surface area contributed by atoms with Gasteiger partial charge in [-0.1, -0.05) is 32.8 Å². The number of aliphatic imine (C=N–C) groups is 1. The molecule has 1 aliphatic rings. The van der Waals surface area contributed by atoms with Gasteiger partial charge in [0.25, 0.3) is 0 Å². The molecule has 1 N–H and O–H groups in total. The Balaban J connectivity index is 0.00000162. The fourth-order valence-electron chi connectivity index (χ4n) is 2.65. The molecule has 0 saturated carbocycles. The molecular formula is C15H22N2Ti. The molecule has 18 heavy (non-hydrogen) atoms. The first kappa shape index (κ1) is 15.5. The molecular weight excluding hydrogens is 256 g/mol. The minimum absolute atomic E-state index is 0. The zero-order valence-corrected chi connectivity index (χ0v) is 12.9. The number of hydrogen-bond acceptors (Lipinski definition) is 1. The smallest absolute Gasteiger partial charge is 0.0794 e. The summed E-state index contributed by atoms with van der Waals surface area (Å²) in [4.78, 5) is 8.20. The minimum Gasteiger partial charge on any atom is -0.365 e. The van der Waals surface area contributed by atoms with Gasteiger partial charge in [-0.2, -0.15) is 0 Å². The van der Waals surface area contributed by atoms with E-state index >= 15 is 0 Å². The molecule has 2 nitrogen and oxygen atoms in total. The maximum Gasteiger partial charge on any atom is 0.0794 e. The number of H-pyrrole nitrogens is 1. The molecule has 0 radical (unpaired) electrons. The van der Waals surface area contributed by atoms with Gasteiger partial charge in [0, 0.05) is 45.7 Å². The SMILES string of the molecule is CCCC1(CCC)C=CC(Cc2ccc[nH]2)=N1.[Ti]. The van der Waals surface area contributed by atoms with Crippen LogP contribution in [0, 0.1) is 0 Å². The molecule has 0 amide bonds. The maximum atomic E-state index is 4.96. The van der Waals surface area contributed by atoms with Crippen LogP contribution in [0.25, 0.3) is 0 Å². The van der Waals surface area contributed by atoms with Gasteiger partial charge in [-0.25, -0.2) is 0 Å². The van der Waals surface area contributed by atoms with Gasteiger partial charge in [0.2, 0.25) is 0 Å². The molecule has 0 aliphatic carbocycles. The van der Waals surface area contributed by atoms with Crippen molar-refractivity contribution in [1.29, 1.82) is 0 Å². The van der Waals surface area contributed by atoms with Gasteiger partial charge in [-0.3, -0.25) is 4.99 Å². The topological polar surface area (TPSA) is 28.1 Å². The molecule has 0 aromatic carbocycles. The number of aromatic amines is 1. The zero-order valence-electron chi connectivity index (χ0n) is 11.4. The predicted octanol–water partition coefficient (Wildman–Crippen LogP) is 3.90. The molecule has 1 aliphatic heterocycles. The Morgan fingerprint density at radius 3 is 2.50 bits per heavy atom. The maximum absolute atomic E-state index is 4.96. The van der Waals surface area contributed by atoms with Crippen molar-refractivity contribution in [3.8, 4) is 0 Å². The third kappa shape index (κ3) is 3.70. The van der Waals surface area contributed by atoms with Crippen molar-refractivity contribution in [3.63, 3.8) is 0 Å². The second-order valence-corrected chi connectivity index (χ2v) is 4.91. The van der Waals surface area contributed by atoms with Gasteiger partial charge in [0.15, 0.2) is 0 Å². The Morgan fingerprint density at radius 2 is 1.94 bits per heavy atom. The largest absolute Gasteiger partial charge is 0.365 e. The number of nitrogens with one attached hydrogen (secondary N) is 1. The van der Waals surface area contributed by atoms with Gasteiger partial charge in [-0.15, -0.1) is 0 Å². The summed E-state index contributed by atoms with van der Waals surface area (Å²) in [7, 11) is 0. The van der Waals surface area contributed by atoms with Gasteiger partial charge in [0.1, 0.15) is 0 Å². The number of aromatic nitrogens is 1. The van der Waals surface area contributed by atoms with E-state index in [0.717, 1.165) is 6.42 Å². The molecule has 0 saturated heterocycles. The van der Waals surface area contributed by atoms with Crippen LogP contribution in [0.1, 0.15) is 45.2 Å². The van der Waals surface area contributed by atoms with Crippen molar-refractivity contribution in [2.75, 3.05) is 0 Å². The summed E-state index contributed by atoms with van der Waals surface area (Å²) in [5.74, 6) is 0. The molecule has 0 spiro atoms. The van der Waals surface area contributed by atoms with Gasteiger partial charge < -0.3 is 4.98 Å². The van der Waals surface area contributed by atoms with Crippen LogP contribution >= 0.6 is 0 Å². The number of hydrogen-bond donors (Lipinski definition) is 1. The number of nitrogens with zero attached hydrogens (tertiary/aromatic N) is 1. The Bertz CT molecular complexity index is 398. The van der Waals surface area contributed by atoms with E-state index in [1.54, 1.807) is 0 Å². The van der Waals surface area contributed by atoms with Crippen LogP contribution in [0.15, 0.2) is 35.5 Å². The van der Waals surface area contributed by atoms with Crippen LogP contribution in [0.2, 0.25) is 0 Å². The molecule has 1 aromatic heterocycles. The van der Waals surface area contributed by atoms with Crippen molar-refractivity contribution in [3.05, 3.63) is 36.2 Å². The molecule has 0 bridgehead atoms. The van der Waals surface area contributed by atoms with Gasteiger partial charge >= 0.3 is 0 Å². The minimum atomic E-state index is 0. The first-order chi connectivity index (χ1) is 8.28. The number of rotatable bonds is 6. The molecule has 0 unspecified atom stereocenters. The molecule has 2 rings (SSSR count). The Morgan fingerprint density at radius 1 is 1.22 bits per heavy atom. The average Bonchev–Trinajstić information content (AvgIpc) is 2.91. The molecule has 3 heteroatoms. The van der Waals surface area contributed by atoms with Crippen molar-refractivity contribution in [2.24, 2.45) is 4.99 Å². The van der Waals surface area contributed by atoms with Crippen LogP contribution in [0.3, 0.4) is 0 Å². The van der Waals surface area contributed by atoms with Crippen LogP contribution in [-0.2, 0) is 28.1 Å². The Labute approximate surface area is 125 Å². The quantitative estimate of drug-likeness (QED) is 0.764. The third-order valence-electron chi connectivity index (χ3n) is 3.35. The van der Waals surface area contributed by atoms with E-state index in [-0.39, 0.29) is 27.3 Å². The summed E-state index contributed by atoms with van der Waals surface area (Å²) < 4.78 is 0. The average molecular weight is 278 g/mol. The van der Waals surface area contributed by atoms with E-state index in [9.17, 15) is 0 Å². The predicted molar refractivity (Wildman–Crippen MR) is 73.6 cm³/mol.